The molecule has 4 heteroatoms. The molecule has 1 N–H and O–H groups in total. The number of carbonyl (C=O) groups excluding carboxylic acids is 2. The highest BCUT2D eigenvalue weighted by Gasteiger charge is 2.37. The van der Waals surface area contributed by atoms with Gasteiger partial charge in [-0.05, 0) is 12.3 Å². The number of carbonyl (C=O) groups is 2. The lowest BCUT2D eigenvalue weighted by molar-refractivity contribution is -0.136. The van der Waals surface area contributed by atoms with Gasteiger partial charge in [-0.15, -0.1) is 0 Å². The summed E-state index contributed by atoms with van der Waals surface area (Å²) in [5.41, 5.74) is 0.657. The third kappa shape index (κ3) is 3.58. The number of hydrogen-bond donors (Lipinski definition) is 1. The van der Waals surface area contributed by atoms with Gasteiger partial charge in [0, 0.05) is 19.5 Å². The number of rotatable bonds is 2. The van der Waals surface area contributed by atoms with Crippen molar-refractivity contribution in [2.75, 3.05) is 13.1 Å². The van der Waals surface area contributed by atoms with E-state index in [1.807, 2.05) is 27.7 Å². The highest BCUT2D eigenvalue weighted by atomic mass is 16.2. The molecule has 1 rings (SSSR count). The van der Waals surface area contributed by atoms with Crippen LogP contribution in [-0.2, 0) is 9.59 Å². The molecule has 0 radical (unpaired) electrons. The molecule has 2 amide bonds. The van der Waals surface area contributed by atoms with Gasteiger partial charge in [-0.2, -0.15) is 0 Å². The molecule has 1 aliphatic heterocycles. The zero-order valence-corrected chi connectivity index (χ0v) is 11.2. The van der Waals surface area contributed by atoms with Crippen molar-refractivity contribution in [2.24, 2.45) is 5.41 Å². The minimum absolute atomic E-state index is 0.00801. The topological polar surface area (TPSA) is 49.4 Å². The lowest BCUT2D eigenvalue weighted by Gasteiger charge is -2.32. The van der Waals surface area contributed by atoms with Crippen LogP contribution in [0.3, 0.4) is 0 Å². The average Bonchev–Trinajstić information content (AvgIpc) is 2.29. The molecule has 17 heavy (non-hydrogen) atoms. The monoisotopic (exact) mass is 238 g/mol. The van der Waals surface area contributed by atoms with Crippen LogP contribution >= 0.6 is 0 Å². The van der Waals surface area contributed by atoms with E-state index in [1.54, 1.807) is 4.90 Å². The Morgan fingerprint density at radius 3 is 2.53 bits per heavy atom. The Morgan fingerprint density at radius 1 is 1.47 bits per heavy atom. The lowest BCUT2D eigenvalue weighted by atomic mass is 9.86. The number of amides is 2. The van der Waals surface area contributed by atoms with Gasteiger partial charge in [0.25, 0.3) is 0 Å². The molecule has 1 saturated heterocycles. The maximum Gasteiger partial charge on any atom is 0.245 e. The van der Waals surface area contributed by atoms with E-state index < -0.39 is 6.04 Å². The number of hydrogen-bond acceptors (Lipinski definition) is 2. The number of nitrogens with zero attached hydrogens (tertiary/aromatic N) is 1. The minimum Gasteiger partial charge on any atom is -0.344 e. The normalized spacial score (nSPS) is 22.1. The molecule has 1 unspecified atom stereocenters. The van der Waals surface area contributed by atoms with E-state index in [1.165, 1.54) is 0 Å². The summed E-state index contributed by atoms with van der Waals surface area (Å²) >= 11 is 0. The molecule has 0 aromatic carbocycles. The van der Waals surface area contributed by atoms with Gasteiger partial charge in [-0.3, -0.25) is 9.59 Å². The minimum atomic E-state index is -0.447. The highest BCUT2D eigenvalue weighted by molar-refractivity contribution is 5.90. The van der Waals surface area contributed by atoms with Crippen molar-refractivity contribution >= 4 is 11.8 Å². The fourth-order valence-electron chi connectivity index (χ4n) is 1.89. The Labute approximate surface area is 103 Å². The van der Waals surface area contributed by atoms with Crippen molar-refractivity contribution in [3.63, 3.8) is 0 Å². The summed E-state index contributed by atoms with van der Waals surface area (Å²) in [4.78, 5) is 25.7. The van der Waals surface area contributed by atoms with Gasteiger partial charge in [-0.25, -0.2) is 0 Å². The van der Waals surface area contributed by atoms with Gasteiger partial charge in [0.2, 0.25) is 11.8 Å². The molecule has 1 atom stereocenters. The van der Waals surface area contributed by atoms with E-state index in [4.69, 9.17) is 0 Å². The first-order valence-electron chi connectivity index (χ1n) is 5.94. The molecule has 0 aliphatic carbocycles. The summed E-state index contributed by atoms with van der Waals surface area (Å²) in [5, 5.41) is 2.81. The van der Waals surface area contributed by atoms with E-state index in [0.29, 0.717) is 19.5 Å². The second-order valence-corrected chi connectivity index (χ2v) is 5.83. The second-order valence-electron chi connectivity index (χ2n) is 5.83. The summed E-state index contributed by atoms with van der Waals surface area (Å²) in [7, 11) is 0. The van der Waals surface area contributed by atoms with Crippen LogP contribution in [0.15, 0.2) is 12.2 Å². The van der Waals surface area contributed by atoms with Crippen molar-refractivity contribution in [3.8, 4) is 0 Å². The Hall–Kier alpha value is -1.32. The van der Waals surface area contributed by atoms with Gasteiger partial charge in [0.05, 0.1) is 0 Å². The zero-order chi connectivity index (χ0) is 13.2. The predicted octanol–water partition coefficient (Wildman–Crippen LogP) is 1.33. The first kappa shape index (κ1) is 13.7. The van der Waals surface area contributed by atoms with Gasteiger partial charge >= 0.3 is 0 Å². The summed E-state index contributed by atoms with van der Waals surface area (Å²) in [5.74, 6) is -0.0613. The van der Waals surface area contributed by atoms with Crippen LogP contribution in [0.1, 0.15) is 34.1 Å². The molecule has 0 saturated carbocycles. The standard InChI is InChI=1S/C13H22N2O2/c1-9(2)8-15-7-6-10(16)14-11(12(15)17)13(3,4)5/h11H,1,6-8H2,2-5H3,(H,14,16). The second kappa shape index (κ2) is 4.90. The van der Waals surface area contributed by atoms with Gasteiger partial charge in [-0.1, -0.05) is 32.9 Å². The van der Waals surface area contributed by atoms with Gasteiger partial charge < -0.3 is 10.2 Å². The first-order chi connectivity index (χ1) is 7.71. The molecule has 0 aromatic heterocycles. The van der Waals surface area contributed by atoms with E-state index >= 15 is 0 Å². The molecule has 0 bridgehead atoms. The maximum atomic E-state index is 12.3. The van der Waals surface area contributed by atoms with E-state index in [-0.39, 0.29) is 17.2 Å². The van der Waals surface area contributed by atoms with Crippen molar-refractivity contribution in [1.29, 1.82) is 0 Å². The van der Waals surface area contributed by atoms with Gasteiger partial charge in [0.1, 0.15) is 6.04 Å². The fraction of sp³-hybridized carbons (Fsp3) is 0.692. The smallest absolute Gasteiger partial charge is 0.245 e. The Balaban J connectivity index is 2.93. The third-order valence-electron chi connectivity index (χ3n) is 2.80. The summed E-state index contributed by atoms with van der Waals surface area (Å²) in [6, 6.07) is -0.447. The molecule has 1 aliphatic rings. The van der Waals surface area contributed by atoms with E-state index in [9.17, 15) is 9.59 Å². The molecule has 1 fully saturated rings. The largest absolute Gasteiger partial charge is 0.344 e. The van der Waals surface area contributed by atoms with Crippen LogP contribution in [-0.4, -0.2) is 35.8 Å². The molecule has 96 valence electrons. The molecule has 0 aromatic rings. The van der Waals surface area contributed by atoms with Crippen LogP contribution < -0.4 is 5.32 Å². The Kier molecular flexibility index (Phi) is 3.96. The van der Waals surface area contributed by atoms with Crippen LogP contribution in [0.5, 0.6) is 0 Å². The fourth-order valence-corrected chi connectivity index (χ4v) is 1.89. The van der Waals surface area contributed by atoms with E-state index in [2.05, 4.69) is 11.9 Å². The average molecular weight is 238 g/mol. The zero-order valence-electron chi connectivity index (χ0n) is 11.2. The molecule has 0 spiro atoms. The lowest BCUT2D eigenvalue weighted by Crippen LogP contribution is -2.52. The number of nitrogens with one attached hydrogen (secondary N) is 1. The third-order valence-corrected chi connectivity index (χ3v) is 2.80. The predicted molar refractivity (Wildman–Crippen MR) is 67.4 cm³/mol. The quantitative estimate of drug-likeness (QED) is 0.738. The van der Waals surface area contributed by atoms with Crippen LogP contribution in [0.4, 0.5) is 0 Å². The summed E-state index contributed by atoms with van der Waals surface area (Å²) in [6.45, 7) is 12.6. The van der Waals surface area contributed by atoms with Crippen LogP contribution in [0.2, 0.25) is 0 Å². The Morgan fingerprint density at radius 2 is 2.06 bits per heavy atom. The van der Waals surface area contributed by atoms with Crippen LogP contribution in [0, 0.1) is 5.41 Å². The molecule has 1 heterocycles. The maximum absolute atomic E-state index is 12.3. The SMILES string of the molecule is C=C(C)CN1CCC(=O)NC(C(C)(C)C)C1=O. The van der Waals surface area contributed by atoms with Crippen molar-refractivity contribution in [1.82, 2.24) is 10.2 Å². The van der Waals surface area contributed by atoms with Crippen molar-refractivity contribution in [2.45, 2.75) is 40.2 Å². The van der Waals surface area contributed by atoms with Crippen molar-refractivity contribution < 1.29 is 9.59 Å². The Bertz CT molecular complexity index is 342. The molecular weight excluding hydrogens is 216 g/mol. The highest BCUT2D eigenvalue weighted by Crippen LogP contribution is 2.23. The first-order valence-corrected chi connectivity index (χ1v) is 5.94. The summed E-state index contributed by atoms with van der Waals surface area (Å²) < 4.78 is 0. The molecular formula is C13H22N2O2. The summed E-state index contributed by atoms with van der Waals surface area (Å²) in [6.07, 6.45) is 0.367. The van der Waals surface area contributed by atoms with Gasteiger partial charge in [0.15, 0.2) is 0 Å². The molecule has 4 nitrogen and oxygen atoms in total. The van der Waals surface area contributed by atoms with E-state index in [0.717, 1.165) is 5.57 Å². The van der Waals surface area contributed by atoms with Crippen molar-refractivity contribution in [3.05, 3.63) is 12.2 Å². The van der Waals surface area contributed by atoms with Crippen LogP contribution in [0.25, 0.3) is 0 Å².